The maximum Gasteiger partial charge on any atom is 0.407 e. The van der Waals surface area contributed by atoms with E-state index in [1.54, 1.807) is 13.2 Å². The van der Waals surface area contributed by atoms with Crippen molar-refractivity contribution in [2.45, 2.75) is 120 Å². The zero-order chi connectivity index (χ0) is 40.7. The van der Waals surface area contributed by atoms with Gasteiger partial charge in [0.2, 0.25) is 27.7 Å². The fourth-order valence-electron chi connectivity index (χ4n) is 8.69. The molecule has 1 aromatic carbocycles. The fraction of sp³-hybridized carbons (Fsp3) is 0.634. The van der Waals surface area contributed by atoms with Gasteiger partial charge in [0.25, 0.3) is 5.91 Å². The highest BCUT2D eigenvalue weighted by atomic mass is 32.2. The molecule has 3 N–H and O–H groups in total. The topological polar surface area (TPSA) is 192 Å². The number of sulfonamides is 1. The van der Waals surface area contributed by atoms with Crippen molar-refractivity contribution in [1.29, 1.82) is 0 Å². The molecule has 5 aliphatic rings. The van der Waals surface area contributed by atoms with Gasteiger partial charge in [-0.1, -0.05) is 39.2 Å². The average molecular weight is 810 g/mol. The third kappa shape index (κ3) is 8.65. The molecule has 2 aliphatic heterocycles. The summed E-state index contributed by atoms with van der Waals surface area (Å²) < 4.78 is 51.6. The first-order valence-electron chi connectivity index (χ1n) is 20.1. The zero-order valence-corrected chi connectivity index (χ0v) is 34.1. The van der Waals surface area contributed by atoms with E-state index in [0.717, 1.165) is 37.7 Å². The molecule has 0 radical (unpaired) electrons. The van der Waals surface area contributed by atoms with Crippen molar-refractivity contribution in [2.24, 2.45) is 17.3 Å². The summed E-state index contributed by atoms with van der Waals surface area (Å²) in [6, 6.07) is 3.40. The number of amides is 4. The predicted molar refractivity (Wildman–Crippen MR) is 210 cm³/mol. The Bertz CT molecular complexity index is 2030. The molecule has 7 rings (SSSR count). The van der Waals surface area contributed by atoms with E-state index in [-0.39, 0.29) is 37.3 Å². The number of nitrogens with zero attached hydrogens (tertiary/aromatic N) is 2. The van der Waals surface area contributed by atoms with Crippen molar-refractivity contribution in [2.75, 3.05) is 27.4 Å². The molecule has 16 heteroatoms. The van der Waals surface area contributed by atoms with Crippen molar-refractivity contribution in [3.63, 3.8) is 0 Å². The van der Waals surface area contributed by atoms with Crippen molar-refractivity contribution in [1.82, 2.24) is 25.2 Å². The minimum absolute atomic E-state index is 0.0147. The number of pyridine rings is 1. The summed E-state index contributed by atoms with van der Waals surface area (Å²) >= 11 is 0. The van der Waals surface area contributed by atoms with Gasteiger partial charge in [0, 0.05) is 29.9 Å². The first kappa shape index (κ1) is 40.6. The molecule has 4 amide bonds. The lowest BCUT2D eigenvalue weighted by Crippen LogP contribution is -2.59. The molecule has 1 unspecified atom stereocenters. The van der Waals surface area contributed by atoms with Crippen LogP contribution in [0.5, 0.6) is 17.4 Å². The van der Waals surface area contributed by atoms with Crippen LogP contribution in [0.15, 0.2) is 30.9 Å². The molecule has 3 saturated carbocycles. The van der Waals surface area contributed by atoms with E-state index < -0.39 is 68.7 Å². The van der Waals surface area contributed by atoms with Crippen LogP contribution in [0.3, 0.4) is 0 Å². The summed E-state index contributed by atoms with van der Waals surface area (Å²) in [5.74, 6) is -1.24. The number of benzene rings is 1. The Morgan fingerprint density at radius 1 is 1.05 bits per heavy atom. The number of fused-ring (bicyclic) bond motifs is 3. The lowest BCUT2D eigenvalue weighted by Gasteiger charge is -2.35. The molecule has 15 nitrogen and oxygen atoms in total. The van der Waals surface area contributed by atoms with Crippen LogP contribution < -0.4 is 29.6 Å². The van der Waals surface area contributed by atoms with Crippen LogP contribution >= 0.6 is 0 Å². The second-order valence-electron chi connectivity index (χ2n) is 17.1. The van der Waals surface area contributed by atoms with Crippen molar-refractivity contribution in [3.8, 4) is 17.4 Å². The second-order valence-corrected chi connectivity index (χ2v) is 19.1. The lowest BCUT2D eigenvalue weighted by atomic mass is 9.83. The van der Waals surface area contributed by atoms with Gasteiger partial charge in [-0.3, -0.25) is 19.1 Å². The number of cyclic esters (lactones) is 1. The molecular formula is C41H55N5O10S. The number of hydrogen-bond donors (Lipinski definition) is 3. The third-order valence-corrected chi connectivity index (χ3v) is 14.1. The number of aromatic nitrogens is 1. The summed E-state index contributed by atoms with van der Waals surface area (Å²) in [4.78, 5) is 62.6. The normalized spacial score (nSPS) is 28.2. The number of carbonyl (C=O) groups excluding carboxylic acids is 4. The number of ether oxygens (including phenoxy) is 4. The van der Waals surface area contributed by atoms with E-state index in [1.165, 1.54) is 18.1 Å². The van der Waals surface area contributed by atoms with E-state index in [1.807, 2.05) is 26.0 Å². The molecule has 3 aliphatic carbocycles. The number of aryl methyl sites for hydroxylation is 1. The zero-order valence-electron chi connectivity index (χ0n) is 33.3. The number of rotatable bonds is 9. The SMILES string of the molecule is C=C[C@H]1CC1(NC(=O)[C@@H]1C[C@@H]2CN1C(=O)[C@H](C1CCCCC1)NC(=O)OCC(C)(C)CCCc1cc3c(cc(OC)nc3cc1OC)O2)C(=O)NS(=O)(=O)C1CC1. The predicted octanol–water partition coefficient (Wildman–Crippen LogP) is 4.31. The number of nitrogens with one attached hydrogen (secondary N) is 3. The molecule has 310 valence electrons. The van der Waals surface area contributed by atoms with Crippen molar-refractivity contribution < 1.29 is 46.5 Å². The summed E-state index contributed by atoms with van der Waals surface area (Å²) in [5, 5.41) is 5.81. The van der Waals surface area contributed by atoms with Gasteiger partial charge in [0.05, 0.1) is 38.1 Å². The Morgan fingerprint density at radius 2 is 1.81 bits per heavy atom. The molecule has 1 saturated heterocycles. The van der Waals surface area contributed by atoms with E-state index in [4.69, 9.17) is 18.9 Å². The maximum atomic E-state index is 14.9. The first-order chi connectivity index (χ1) is 27.2. The van der Waals surface area contributed by atoms with Crippen LogP contribution in [0.4, 0.5) is 4.79 Å². The first-order valence-corrected chi connectivity index (χ1v) is 21.7. The minimum Gasteiger partial charge on any atom is -0.496 e. The van der Waals surface area contributed by atoms with Gasteiger partial charge in [0.15, 0.2) is 0 Å². The Labute approximate surface area is 334 Å². The molecule has 4 fully saturated rings. The Hall–Kier alpha value is -4.60. The van der Waals surface area contributed by atoms with Gasteiger partial charge in [-0.05, 0) is 74.3 Å². The van der Waals surface area contributed by atoms with E-state index >= 15 is 0 Å². The van der Waals surface area contributed by atoms with Crippen LogP contribution in [-0.2, 0) is 35.6 Å². The Morgan fingerprint density at radius 3 is 2.47 bits per heavy atom. The molecule has 4 bridgehead atoms. The summed E-state index contributed by atoms with van der Waals surface area (Å²) in [7, 11) is -0.799. The van der Waals surface area contributed by atoms with Gasteiger partial charge >= 0.3 is 6.09 Å². The molecule has 5 atom stereocenters. The highest BCUT2D eigenvalue weighted by molar-refractivity contribution is 7.91. The molecule has 0 spiro atoms. The lowest BCUT2D eigenvalue weighted by molar-refractivity contribution is -0.142. The molecule has 1 aromatic heterocycles. The monoisotopic (exact) mass is 809 g/mol. The van der Waals surface area contributed by atoms with Crippen LogP contribution in [0.1, 0.15) is 90.0 Å². The van der Waals surface area contributed by atoms with Crippen LogP contribution in [0, 0.1) is 17.3 Å². The number of hydrogen-bond acceptors (Lipinski definition) is 11. The summed E-state index contributed by atoms with van der Waals surface area (Å²) in [6.45, 7) is 7.98. The van der Waals surface area contributed by atoms with Gasteiger partial charge in [0.1, 0.15) is 35.2 Å². The molecule has 2 aromatic rings. The summed E-state index contributed by atoms with van der Waals surface area (Å²) in [5.41, 5.74) is -0.422. The molecule has 57 heavy (non-hydrogen) atoms. The smallest absolute Gasteiger partial charge is 0.407 e. The van der Waals surface area contributed by atoms with Gasteiger partial charge in [-0.2, -0.15) is 0 Å². The summed E-state index contributed by atoms with van der Waals surface area (Å²) in [6.07, 6.45) is 7.61. The van der Waals surface area contributed by atoms with E-state index in [0.29, 0.717) is 60.4 Å². The van der Waals surface area contributed by atoms with Crippen molar-refractivity contribution >= 4 is 44.7 Å². The Kier molecular flexibility index (Phi) is 11.4. The number of carbonyl (C=O) groups is 4. The van der Waals surface area contributed by atoms with Crippen LogP contribution in [0.2, 0.25) is 0 Å². The maximum absolute atomic E-state index is 14.9. The van der Waals surface area contributed by atoms with Gasteiger partial charge in [-0.15, -0.1) is 6.58 Å². The third-order valence-electron chi connectivity index (χ3n) is 12.3. The fourth-order valence-corrected chi connectivity index (χ4v) is 10.1. The standard InChI is InChI=1S/C41H55N5O10S/c1-6-26-21-41(26,38(49)45-57(51,52)28-14-15-28)44-36(47)31-18-27-22-46(31)37(48)35(24-11-8-7-9-12-24)43-39(50)55-23-40(2,3)16-10-13-25-17-29-30(19-32(25)53-4)42-34(54-5)20-33(29)56-27/h6,17,19-20,24,26-28,31,35H,1,7-16,18,21-23H2,2-5H3,(H,43,50)(H,44,47)(H,45,49)/t26-,27+,31-,35-,41?/m0/s1. The van der Waals surface area contributed by atoms with Gasteiger partial charge in [-0.25, -0.2) is 18.2 Å². The number of methoxy groups -OCH3 is 2. The van der Waals surface area contributed by atoms with E-state index in [2.05, 4.69) is 26.9 Å². The quantitative estimate of drug-likeness (QED) is 0.306. The largest absolute Gasteiger partial charge is 0.496 e. The van der Waals surface area contributed by atoms with Crippen molar-refractivity contribution in [3.05, 3.63) is 36.4 Å². The molecular weight excluding hydrogens is 755 g/mol. The van der Waals surface area contributed by atoms with Crippen LogP contribution in [0.25, 0.3) is 10.9 Å². The van der Waals surface area contributed by atoms with E-state index in [9.17, 15) is 27.6 Å². The minimum atomic E-state index is -3.91. The second kappa shape index (κ2) is 16.0. The molecule has 3 heterocycles. The van der Waals surface area contributed by atoms with Crippen LogP contribution in [-0.4, -0.2) is 98.5 Å². The average Bonchev–Trinajstić information content (AvgIpc) is 4.12. The Balaban J connectivity index is 1.26. The highest BCUT2D eigenvalue weighted by Crippen LogP contribution is 2.46. The highest BCUT2D eigenvalue weighted by Gasteiger charge is 2.62. The van der Waals surface area contributed by atoms with Gasteiger partial charge < -0.3 is 34.5 Å². The number of alkyl carbamates (subject to hydrolysis) is 1.